The Morgan fingerprint density at radius 3 is 2.23 bits per heavy atom. The molecular formula is C22H25N4O8S+. The average Bonchev–Trinajstić information content (AvgIpc) is 2.83. The standard InChI is InChI=1S/C22H24N4O8S/c1-15(23)21(29)26(17-10-6-3-7-11-17,18-13-25(20(18)28)35(31,32)33)19(27)12-24-22(30)34-14-16-8-4-2-5-9-16/h2-11,15,18H,12-14,23H2,1H3,(H-,24,30,31,32,33)/p+1/t15-,18?,26?/m1/s1. The number of quaternary nitrogens is 1. The van der Waals surface area contributed by atoms with Crippen LogP contribution < -0.4 is 15.5 Å². The molecule has 13 heteroatoms. The van der Waals surface area contributed by atoms with Gasteiger partial charge in [-0.2, -0.15) is 12.9 Å². The Bertz CT molecular complexity index is 1220. The predicted molar refractivity (Wildman–Crippen MR) is 124 cm³/mol. The van der Waals surface area contributed by atoms with E-state index in [0.29, 0.717) is 5.56 Å². The first-order valence-corrected chi connectivity index (χ1v) is 11.9. The summed E-state index contributed by atoms with van der Waals surface area (Å²) in [7, 11) is -4.89. The SMILES string of the molecule is C[C@@H](N)C(=O)[N+](C(=O)CNC(=O)OCc1ccccc1)(c1ccccc1)C1CN(S(=O)(=O)O)C1=O. The average molecular weight is 506 g/mol. The number of nitrogens with one attached hydrogen (secondary N) is 1. The Morgan fingerprint density at radius 2 is 1.71 bits per heavy atom. The molecular weight excluding hydrogens is 480 g/mol. The minimum atomic E-state index is -4.89. The van der Waals surface area contributed by atoms with Crippen molar-refractivity contribution in [1.82, 2.24) is 14.1 Å². The Hall–Kier alpha value is -3.65. The van der Waals surface area contributed by atoms with E-state index in [9.17, 15) is 32.1 Å². The maximum absolute atomic E-state index is 13.6. The zero-order chi connectivity index (χ0) is 25.8. The molecule has 0 aliphatic carbocycles. The van der Waals surface area contributed by atoms with Crippen molar-refractivity contribution in [3.63, 3.8) is 0 Å². The van der Waals surface area contributed by atoms with Crippen molar-refractivity contribution in [3.05, 3.63) is 66.2 Å². The third kappa shape index (κ3) is 5.22. The minimum Gasteiger partial charge on any atom is -0.445 e. The van der Waals surface area contributed by atoms with Crippen LogP contribution in [0.3, 0.4) is 0 Å². The molecule has 1 aliphatic rings. The van der Waals surface area contributed by atoms with Crippen LogP contribution in [0.2, 0.25) is 0 Å². The zero-order valence-corrected chi connectivity index (χ0v) is 19.6. The summed E-state index contributed by atoms with van der Waals surface area (Å²) in [4.78, 5) is 51.9. The number of para-hydroxylation sites is 1. The molecule has 2 aromatic carbocycles. The van der Waals surface area contributed by atoms with Crippen molar-refractivity contribution < 1.29 is 36.9 Å². The highest BCUT2D eigenvalue weighted by molar-refractivity contribution is 7.84. The normalized spacial score (nSPS) is 18.1. The first-order valence-electron chi connectivity index (χ1n) is 10.5. The fourth-order valence-electron chi connectivity index (χ4n) is 3.81. The third-order valence-electron chi connectivity index (χ3n) is 5.51. The van der Waals surface area contributed by atoms with E-state index >= 15 is 0 Å². The molecule has 1 saturated heterocycles. The number of nitrogens with zero attached hydrogens (tertiary/aromatic N) is 2. The number of hydrogen-bond acceptors (Lipinski definition) is 8. The molecule has 3 rings (SSSR count). The van der Waals surface area contributed by atoms with Gasteiger partial charge in [0, 0.05) is 12.1 Å². The van der Waals surface area contributed by atoms with Gasteiger partial charge in [0.05, 0.1) is 0 Å². The number of β-lactam (4-membered cyclic amide) rings is 1. The number of carbonyl (C=O) groups is 4. The van der Waals surface area contributed by atoms with Gasteiger partial charge < -0.3 is 15.8 Å². The van der Waals surface area contributed by atoms with E-state index in [-0.39, 0.29) is 16.6 Å². The molecule has 3 atom stereocenters. The molecule has 0 bridgehead atoms. The number of carbonyl (C=O) groups excluding carboxylic acids is 4. The highest BCUT2D eigenvalue weighted by Crippen LogP contribution is 2.34. The minimum absolute atomic E-state index is 0.0487. The van der Waals surface area contributed by atoms with Crippen molar-refractivity contribution in [2.24, 2.45) is 5.73 Å². The van der Waals surface area contributed by atoms with Crippen molar-refractivity contribution >= 4 is 39.8 Å². The Kier molecular flexibility index (Phi) is 7.65. The van der Waals surface area contributed by atoms with Crippen LogP contribution in [-0.4, -0.2) is 66.3 Å². The topological polar surface area (TPSA) is 173 Å². The van der Waals surface area contributed by atoms with Gasteiger partial charge in [0.25, 0.3) is 5.91 Å². The Labute approximate surface area is 201 Å². The number of imide groups is 1. The van der Waals surface area contributed by atoms with Gasteiger partial charge in [0.2, 0.25) is 6.04 Å². The lowest BCUT2D eigenvalue weighted by molar-refractivity contribution is -0.159. The van der Waals surface area contributed by atoms with Gasteiger partial charge in [-0.25, -0.2) is 18.7 Å². The van der Waals surface area contributed by atoms with Crippen LogP contribution in [0.4, 0.5) is 10.5 Å². The summed E-state index contributed by atoms with van der Waals surface area (Å²) in [6.45, 7) is -0.120. The number of rotatable bonds is 8. The monoisotopic (exact) mass is 505 g/mol. The van der Waals surface area contributed by atoms with Crippen LogP contribution in [0.25, 0.3) is 0 Å². The first-order chi connectivity index (χ1) is 16.5. The van der Waals surface area contributed by atoms with Crippen molar-refractivity contribution in [2.75, 3.05) is 13.1 Å². The van der Waals surface area contributed by atoms with Crippen molar-refractivity contribution in [1.29, 1.82) is 0 Å². The second-order valence-electron chi connectivity index (χ2n) is 7.86. The Morgan fingerprint density at radius 1 is 1.14 bits per heavy atom. The number of amides is 4. The highest BCUT2D eigenvalue weighted by atomic mass is 32.2. The molecule has 1 aliphatic heterocycles. The van der Waals surface area contributed by atoms with Gasteiger partial charge >= 0.3 is 28.2 Å². The van der Waals surface area contributed by atoms with E-state index in [1.165, 1.54) is 31.2 Å². The molecule has 0 aromatic heterocycles. The summed E-state index contributed by atoms with van der Waals surface area (Å²) in [6, 6.07) is 13.5. The molecule has 1 fully saturated rings. The first kappa shape index (κ1) is 26.0. The molecule has 0 spiro atoms. The molecule has 0 saturated carbocycles. The van der Waals surface area contributed by atoms with Crippen molar-refractivity contribution in [2.45, 2.75) is 25.6 Å². The van der Waals surface area contributed by atoms with Gasteiger partial charge in [-0.3, -0.25) is 9.35 Å². The fourth-order valence-corrected chi connectivity index (χ4v) is 4.49. The van der Waals surface area contributed by atoms with Gasteiger partial charge in [0.15, 0.2) is 0 Å². The lowest BCUT2D eigenvalue weighted by atomic mass is 10.00. The second-order valence-corrected chi connectivity index (χ2v) is 9.19. The number of nitrogens with two attached hydrogens (primary N) is 1. The van der Waals surface area contributed by atoms with Crippen molar-refractivity contribution in [3.8, 4) is 0 Å². The Balaban J connectivity index is 1.90. The molecule has 186 valence electrons. The number of hydrogen-bond donors (Lipinski definition) is 3. The predicted octanol–water partition coefficient (Wildman–Crippen LogP) is 0.334. The van der Waals surface area contributed by atoms with E-state index in [4.69, 9.17) is 10.5 Å². The van der Waals surface area contributed by atoms with Gasteiger partial charge in [0.1, 0.15) is 31.4 Å². The number of ether oxygens (including phenoxy) is 1. The summed E-state index contributed by atoms with van der Waals surface area (Å²) in [5.41, 5.74) is 6.58. The lowest BCUT2D eigenvalue weighted by Gasteiger charge is -2.46. The van der Waals surface area contributed by atoms with Crippen LogP contribution in [0.5, 0.6) is 0 Å². The quantitative estimate of drug-likeness (QED) is 0.260. The highest BCUT2D eigenvalue weighted by Gasteiger charge is 2.64. The van der Waals surface area contributed by atoms with E-state index in [1.54, 1.807) is 36.4 Å². The van der Waals surface area contributed by atoms with Crippen LogP contribution in [0.15, 0.2) is 60.7 Å². The van der Waals surface area contributed by atoms with E-state index in [0.717, 1.165) is 0 Å². The van der Waals surface area contributed by atoms with Gasteiger partial charge in [-0.05, 0) is 12.5 Å². The van der Waals surface area contributed by atoms with Crippen LogP contribution in [-0.2, 0) is 36.0 Å². The third-order valence-corrected chi connectivity index (χ3v) is 6.39. The zero-order valence-electron chi connectivity index (χ0n) is 18.7. The molecule has 1 heterocycles. The summed E-state index contributed by atoms with van der Waals surface area (Å²) in [5, 5.41) is 2.27. The molecule has 4 N–H and O–H groups in total. The number of alkyl carbamates (subject to hydrolysis) is 1. The molecule has 12 nitrogen and oxygen atoms in total. The van der Waals surface area contributed by atoms with E-state index in [2.05, 4.69) is 5.32 Å². The molecule has 0 radical (unpaired) electrons. The van der Waals surface area contributed by atoms with E-state index in [1.807, 2.05) is 0 Å². The summed E-state index contributed by atoms with van der Waals surface area (Å²) >= 11 is 0. The van der Waals surface area contributed by atoms with Crippen LogP contribution >= 0.6 is 0 Å². The second kappa shape index (κ2) is 10.3. The summed E-state index contributed by atoms with van der Waals surface area (Å²) in [5.74, 6) is -3.00. The summed E-state index contributed by atoms with van der Waals surface area (Å²) < 4.78 is 36.2. The smallest absolute Gasteiger partial charge is 0.408 e. The van der Waals surface area contributed by atoms with Crippen LogP contribution in [0.1, 0.15) is 12.5 Å². The number of benzene rings is 2. The fraction of sp³-hybridized carbons (Fsp3) is 0.273. The van der Waals surface area contributed by atoms with Gasteiger partial charge in [-0.15, -0.1) is 0 Å². The molecule has 35 heavy (non-hydrogen) atoms. The summed E-state index contributed by atoms with van der Waals surface area (Å²) in [6.07, 6.45) is -0.943. The molecule has 4 amide bonds. The largest absolute Gasteiger partial charge is 0.445 e. The molecule has 2 aromatic rings. The maximum Gasteiger partial charge on any atom is 0.408 e. The van der Waals surface area contributed by atoms with Crippen LogP contribution in [0, 0.1) is 0 Å². The maximum atomic E-state index is 13.6. The van der Waals surface area contributed by atoms with E-state index < -0.39 is 63.8 Å². The lowest BCUT2D eigenvalue weighted by Crippen LogP contribution is -2.80. The van der Waals surface area contributed by atoms with Gasteiger partial charge in [-0.1, -0.05) is 48.5 Å². The molecule has 2 unspecified atom stereocenters.